The second-order valence-corrected chi connectivity index (χ2v) is 6.51. The maximum absolute atomic E-state index is 12.5. The van der Waals surface area contributed by atoms with Crippen LogP contribution in [0.3, 0.4) is 0 Å². The summed E-state index contributed by atoms with van der Waals surface area (Å²) >= 11 is 5.90. The van der Waals surface area contributed by atoms with Crippen molar-refractivity contribution in [3.8, 4) is 5.75 Å². The Morgan fingerprint density at radius 2 is 1.83 bits per heavy atom. The van der Waals surface area contributed by atoms with Crippen molar-refractivity contribution in [1.29, 1.82) is 0 Å². The van der Waals surface area contributed by atoms with E-state index >= 15 is 0 Å². The molecule has 0 radical (unpaired) electrons. The van der Waals surface area contributed by atoms with Crippen LogP contribution in [0.1, 0.15) is 18.4 Å². The summed E-state index contributed by atoms with van der Waals surface area (Å²) < 4.78 is 5.48. The predicted octanol–water partition coefficient (Wildman–Crippen LogP) is 2.93. The normalized spacial score (nSPS) is 16.2. The zero-order chi connectivity index (χ0) is 17.0. The molecule has 2 N–H and O–H groups in total. The van der Waals surface area contributed by atoms with E-state index in [2.05, 4.69) is 5.32 Å². The van der Waals surface area contributed by atoms with E-state index in [1.807, 2.05) is 42.5 Å². The molecule has 126 valence electrons. The van der Waals surface area contributed by atoms with Gasteiger partial charge in [-0.2, -0.15) is 0 Å². The van der Waals surface area contributed by atoms with Crippen LogP contribution in [0.25, 0.3) is 0 Å². The minimum absolute atomic E-state index is 0.0522. The quantitative estimate of drug-likeness (QED) is 0.811. The minimum atomic E-state index is -0.754. The highest BCUT2D eigenvalue weighted by molar-refractivity contribution is 6.30. The number of carbonyl (C=O) groups excluding carboxylic acids is 1. The molecule has 1 aliphatic carbocycles. The van der Waals surface area contributed by atoms with Crippen LogP contribution >= 0.6 is 11.6 Å². The Balaban J connectivity index is 1.49. The highest BCUT2D eigenvalue weighted by Crippen LogP contribution is 2.48. The molecule has 4 nitrogen and oxygen atoms in total. The van der Waals surface area contributed by atoms with E-state index in [9.17, 15) is 9.90 Å². The fourth-order valence-corrected chi connectivity index (χ4v) is 2.81. The largest absolute Gasteiger partial charge is 0.491 e. The third-order valence-electron chi connectivity index (χ3n) is 4.27. The molecule has 0 spiro atoms. The van der Waals surface area contributed by atoms with Crippen LogP contribution in [0.4, 0.5) is 0 Å². The van der Waals surface area contributed by atoms with Crippen molar-refractivity contribution in [1.82, 2.24) is 5.32 Å². The van der Waals surface area contributed by atoms with Crippen LogP contribution in [0, 0.1) is 0 Å². The first-order chi connectivity index (χ1) is 11.6. The van der Waals surface area contributed by atoms with Gasteiger partial charge in [0, 0.05) is 11.6 Å². The van der Waals surface area contributed by atoms with Crippen LogP contribution in [0.15, 0.2) is 54.6 Å². The van der Waals surface area contributed by atoms with Gasteiger partial charge in [0.05, 0.1) is 5.41 Å². The second kappa shape index (κ2) is 7.24. The third kappa shape index (κ3) is 3.89. The van der Waals surface area contributed by atoms with Crippen molar-refractivity contribution in [3.63, 3.8) is 0 Å². The van der Waals surface area contributed by atoms with Crippen LogP contribution in [0.5, 0.6) is 5.75 Å². The first kappa shape index (κ1) is 16.8. The minimum Gasteiger partial charge on any atom is -0.491 e. The molecule has 1 saturated carbocycles. The van der Waals surface area contributed by atoms with Gasteiger partial charge in [-0.15, -0.1) is 0 Å². The molecule has 0 aliphatic heterocycles. The van der Waals surface area contributed by atoms with Gasteiger partial charge in [-0.3, -0.25) is 4.79 Å². The molecule has 0 bridgehead atoms. The highest BCUT2D eigenvalue weighted by atomic mass is 35.5. The molecule has 24 heavy (non-hydrogen) atoms. The van der Waals surface area contributed by atoms with Crippen molar-refractivity contribution in [3.05, 3.63) is 65.2 Å². The van der Waals surface area contributed by atoms with E-state index in [4.69, 9.17) is 16.3 Å². The monoisotopic (exact) mass is 345 g/mol. The number of benzene rings is 2. The maximum atomic E-state index is 12.5. The average molecular weight is 346 g/mol. The Labute approximate surface area is 146 Å². The zero-order valence-electron chi connectivity index (χ0n) is 13.2. The summed E-state index contributed by atoms with van der Waals surface area (Å²) in [6, 6.07) is 16.7. The Kier molecular flexibility index (Phi) is 5.07. The maximum Gasteiger partial charge on any atom is 0.230 e. The van der Waals surface area contributed by atoms with Gasteiger partial charge in [0.2, 0.25) is 5.91 Å². The van der Waals surface area contributed by atoms with E-state index in [0.29, 0.717) is 10.8 Å². The first-order valence-corrected chi connectivity index (χ1v) is 8.38. The number of aliphatic hydroxyl groups is 1. The number of aliphatic hydroxyl groups excluding tert-OH is 1. The van der Waals surface area contributed by atoms with Gasteiger partial charge in [0.15, 0.2) is 0 Å². The van der Waals surface area contributed by atoms with Gasteiger partial charge in [-0.25, -0.2) is 0 Å². The molecule has 0 saturated heterocycles. The van der Waals surface area contributed by atoms with Crippen LogP contribution in [0.2, 0.25) is 5.02 Å². The van der Waals surface area contributed by atoms with Gasteiger partial charge < -0.3 is 15.2 Å². The molecule has 3 rings (SSSR count). The summed E-state index contributed by atoms with van der Waals surface area (Å²) in [5.41, 5.74) is 0.504. The molecule has 2 aromatic rings. The summed E-state index contributed by atoms with van der Waals surface area (Å²) in [5.74, 6) is 0.645. The number of nitrogens with one attached hydrogen (secondary N) is 1. The molecule has 5 heteroatoms. The molecular formula is C19H20ClNO3. The predicted molar refractivity (Wildman–Crippen MR) is 93.3 cm³/mol. The number of hydrogen-bond donors (Lipinski definition) is 2. The van der Waals surface area contributed by atoms with E-state index in [-0.39, 0.29) is 19.1 Å². The van der Waals surface area contributed by atoms with E-state index in [1.54, 1.807) is 12.1 Å². The van der Waals surface area contributed by atoms with Gasteiger partial charge in [-0.1, -0.05) is 41.9 Å². The Morgan fingerprint density at radius 1 is 1.17 bits per heavy atom. The Morgan fingerprint density at radius 3 is 2.46 bits per heavy atom. The number of hydrogen-bond acceptors (Lipinski definition) is 3. The Hall–Kier alpha value is -2.04. The third-order valence-corrected chi connectivity index (χ3v) is 4.52. The van der Waals surface area contributed by atoms with Gasteiger partial charge in [0.1, 0.15) is 18.5 Å². The second-order valence-electron chi connectivity index (χ2n) is 6.08. The lowest BCUT2D eigenvalue weighted by molar-refractivity contribution is -0.124. The number of para-hydroxylation sites is 1. The number of carbonyl (C=O) groups is 1. The standard InChI is InChI=1S/C19H20ClNO3/c20-15-8-6-14(7-9-15)19(10-11-19)18(23)21-12-16(22)13-24-17-4-2-1-3-5-17/h1-9,16,22H,10-13H2,(H,21,23). The molecule has 1 fully saturated rings. The Bertz CT molecular complexity index is 684. The molecule has 1 aliphatic rings. The molecule has 0 aromatic heterocycles. The van der Waals surface area contributed by atoms with Crippen molar-refractivity contribution >= 4 is 17.5 Å². The van der Waals surface area contributed by atoms with Crippen molar-refractivity contribution in [2.45, 2.75) is 24.4 Å². The van der Waals surface area contributed by atoms with Crippen molar-refractivity contribution in [2.24, 2.45) is 0 Å². The molecular weight excluding hydrogens is 326 g/mol. The molecule has 1 unspecified atom stereocenters. The SMILES string of the molecule is O=C(NCC(O)COc1ccccc1)C1(c2ccc(Cl)cc2)CC1. The van der Waals surface area contributed by atoms with Crippen molar-refractivity contribution < 1.29 is 14.6 Å². The summed E-state index contributed by atoms with van der Waals surface area (Å²) in [5, 5.41) is 13.5. The first-order valence-electron chi connectivity index (χ1n) is 8.00. The summed E-state index contributed by atoms with van der Waals surface area (Å²) in [7, 11) is 0. The lowest BCUT2D eigenvalue weighted by Gasteiger charge is -2.18. The van der Waals surface area contributed by atoms with E-state index in [0.717, 1.165) is 18.4 Å². The molecule has 1 atom stereocenters. The molecule has 0 heterocycles. The van der Waals surface area contributed by atoms with E-state index < -0.39 is 11.5 Å². The highest BCUT2D eigenvalue weighted by Gasteiger charge is 2.51. The summed E-state index contributed by atoms with van der Waals surface area (Å²) in [6.45, 7) is 0.305. The van der Waals surface area contributed by atoms with E-state index in [1.165, 1.54) is 0 Å². The fourth-order valence-electron chi connectivity index (χ4n) is 2.69. The summed E-state index contributed by atoms with van der Waals surface area (Å²) in [4.78, 5) is 12.5. The van der Waals surface area contributed by atoms with Crippen LogP contribution in [-0.2, 0) is 10.2 Å². The topological polar surface area (TPSA) is 58.6 Å². The molecule has 2 aromatic carbocycles. The number of halogens is 1. The van der Waals surface area contributed by atoms with Crippen LogP contribution in [-0.4, -0.2) is 30.3 Å². The number of rotatable bonds is 7. The average Bonchev–Trinajstić information content (AvgIpc) is 3.41. The van der Waals surface area contributed by atoms with Crippen molar-refractivity contribution in [2.75, 3.05) is 13.2 Å². The zero-order valence-corrected chi connectivity index (χ0v) is 14.0. The van der Waals surface area contributed by atoms with Gasteiger partial charge in [0.25, 0.3) is 0 Å². The number of ether oxygens (including phenoxy) is 1. The summed E-state index contributed by atoms with van der Waals surface area (Å²) in [6.07, 6.45) is 0.879. The van der Waals surface area contributed by atoms with Gasteiger partial charge in [-0.05, 0) is 42.7 Å². The van der Waals surface area contributed by atoms with Gasteiger partial charge >= 0.3 is 0 Å². The van der Waals surface area contributed by atoms with Crippen LogP contribution < -0.4 is 10.1 Å². The molecule has 1 amide bonds. The fraction of sp³-hybridized carbons (Fsp3) is 0.316. The number of amides is 1. The lowest BCUT2D eigenvalue weighted by atomic mass is 9.95. The lowest BCUT2D eigenvalue weighted by Crippen LogP contribution is -2.40. The smallest absolute Gasteiger partial charge is 0.230 e.